The fraction of sp³-hybridized carbons (Fsp3) is 0.667. The maximum Gasteiger partial charge on any atom is 0.218 e. The second-order valence-electron chi connectivity index (χ2n) is 4.24. The van der Waals surface area contributed by atoms with Crippen molar-refractivity contribution < 1.29 is 4.74 Å². The molecule has 94 valence electrons. The maximum atomic E-state index is 5.62. The lowest BCUT2D eigenvalue weighted by molar-refractivity contribution is 0.180. The third-order valence-corrected chi connectivity index (χ3v) is 3.00. The number of likely N-dealkylation sites (tertiary alicyclic amines) is 1. The van der Waals surface area contributed by atoms with E-state index in [1.54, 1.807) is 0 Å². The molecule has 0 unspecified atom stereocenters. The first kappa shape index (κ1) is 12.1. The molecule has 1 aliphatic rings. The fourth-order valence-electron chi connectivity index (χ4n) is 2.02. The van der Waals surface area contributed by atoms with Crippen LogP contribution < -0.4 is 10.1 Å². The summed E-state index contributed by atoms with van der Waals surface area (Å²) in [4.78, 5) is 10.6. The molecule has 0 radical (unpaired) electrons. The Bertz CT molecular complexity index is 339. The van der Waals surface area contributed by atoms with Crippen LogP contribution in [-0.2, 0) is 0 Å². The van der Waals surface area contributed by atoms with Crippen LogP contribution in [0.5, 0.6) is 5.88 Å². The molecule has 1 aliphatic heterocycles. The highest BCUT2D eigenvalue weighted by Crippen LogP contribution is 2.11. The standard InChI is InChI=1S/C12H20N4O/c1-13-11-9-12(15-10-14-11)17-8-7-16-5-3-2-4-6-16/h9-10H,2-8H2,1H3,(H,13,14,15). The minimum absolute atomic E-state index is 0.640. The Morgan fingerprint density at radius 2 is 2.12 bits per heavy atom. The minimum atomic E-state index is 0.640. The topological polar surface area (TPSA) is 50.3 Å². The summed E-state index contributed by atoms with van der Waals surface area (Å²) in [6.45, 7) is 4.09. The Hall–Kier alpha value is -1.36. The molecule has 2 rings (SSSR count). The Kier molecular flexibility index (Phi) is 4.55. The van der Waals surface area contributed by atoms with Gasteiger partial charge in [0.25, 0.3) is 0 Å². The number of anilines is 1. The zero-order chi connectivity index (χ0) is 11.9. The number of piperidine rings is 1. The molecule has 0 aliphatic carbocycles. The highest BCUT2D eigenvalue weighted by atomic mass is 16.5. The summed E-state index contributed by atoms with van der Waals surface area (Å²) in [7, 11) is 1.83. The first-order chi connectivity index (χ1) is 8.38. The number of nitrogens with zero attached hydrogens (tertiary/aromatic N) is 3. The normalized spacial score (nSPS) is 16.8. The molecule has 0 spiro atoms. The van der Waals surface area contributed by atoms with Crippen molar-refractivity contribution in [3.05, 3.63) is 12.4 Å². The Morgan fingerprint density at radius 1 is 1.29 bits per heavy atom. The molecule has 1 N–H and O–H groups in total. The predicted octanol–water partition coefficient (Wildman–Crippen LogP) is 1.38. The second kappa shape index (κ2) is 6.39. The number of hydrogen-bond donors (Lipinski definition) is 1. The fourth-order valence-corrected chi connectivity index (χ4v) is 2.02. The molecular formula is C12H20N4O. The van der Waals surface area contributed by atoms with E-state index in [0.717, 1.165) is 12.4 Å². The molecular weight excluding hydrogens is 216 g/mol. The van der Waals surface area contributed by atoms with Crippen molar-refractivity contribution >= 4 is 5.82 Å². The van der Waals surface area contributed by atoms with Crippen molar-refractivity contribution in [1.82, 2.24) is 14.9 Å². The van der Waals surface area contributed by atoms with E-state index in [-0.39, 0.29) is 0 Å². The van der Waals surface area contributed by atoms with Crippen molar-refractivity contribution in [3.63, 3.8) is 0 Å². The van der Waals surface area contributed by atoms with Gasteiger partial charge in [-0.25, -0.2) is 9.97 Å². The van der Waals surface area contributed by atoms with Crippen LogP contribution in [0.4, 0.5) is 5.82 Å². The predicted molar refractivity (Wildman–Crippen MR) is 67.4 cm³/mol. The largest absolute Gasteiger partial charge is 0.476 e. The van der Waals surface area contributed by atoms with Gasteiger partial charge in [0.1, 0.15) is 18.8 Å². The molecule has 5 nitrogen and oxygen atoms in total. The Morgan fingerprint density at radius 3 is 2.88 bits per heavy atom. The summed E-state index contributed by atoms with van der Waals surface area (Å²) in [5.41, 5.74) is 0. The van der Waals surface area contributed by atoms with Crippen LogP contribution in [-0.4, -0.2) is 48.2 Å². The molecule has 0 bridgehead atoms. The van der Waals surface area contributed by atoms with Gasteiger partial charge in [-0.05, 0) is 25.9 Å². The zero-order valence-electron chi connectivity index (χ0n) is 10.4. The zero-order valence-corrected chi connectivity index (χ0v) is 10.4. The molecule has 0 atom stereocenters. The van der Waals surface area contributed by atoms with Gasteiger partial charge >= 0.3 is 0 Å². The van der Waals surface area contributed by atoms with Crippen molar-refractivity contribution in [2.75, 3.05) is 38.6 Å². The summed E-state index contributed by atoms with van der Waals surface area (Å²) in [5, 5.41) is 2.97. The molecule has 0 amide bonds. The second-order valence-corrected chi connectivity index (χ2v) is 4.24. The third kappa shape index (κ3) is 3.85. The number of ether oxygens (including phenoxy) is 1. The van der Waals surface area contributed by atoms with Crippen LogP contribution in [0.2, 0.25) is 0 Å². The first-order valence-corrected chi connectivity index (χ1v) is 6.23. The maximum absolute atomic E-state index is 5.62. The molecule has 17 heavy (non-hydrogen) atoms. The van der Waals surface area contributed by atoms with Gasteiger partial charge in [-0.3, -0.25) is 4.90 Å². The number of rotatable bonds is 5. The molecule has 1 fully saturated rings. The van der Waals surface area contributed by atoms with Crippen LogP contribution in [0.3, 0.4) is 0 Å². The van der Waals surface area contributed by atoms with Gasteiger partial charge in [-0.15, -0.1) is 0 Å². The van der Waals surface area contributed by atoms with Gasteiger partial charge < -0.3 is 10.1 Å². The molecule has 0 saturated carbocycles. The minimum Gasteiger partial charge on any atom is -0.476 e. The van der Waals surface area contributed by atoms with Gasteiger partial charge in [0, 0.05) is 19.7 Å². The lowest BCUT2D eigenvalue weighted by atomic mass is 10.1. The summed E-state index contributed by atoms with van der Waals surface area (Å²) in [6.07, 6.45) is 5.52. The number of aromatic nitrogens is 2. The van der Waals surface area contributed by atoms with E-state index >= 15 is 0 Å². The summed E-state index contributed by atoms with van der Waals surface area (Å²) < 4.78 is 5.62. The van der Waals surface area contributed by atoms with E-state index in [0.29, 0.717) is 12.5 Å². The summed E-state index contributed by atoms with van der Waals surface area (Å²) in [6, 6.07) is 1.82. The van der Waals surface area contributed by atoms with Crippen LogP contribution in [0.1, 0.15) is 19.3 Å². The van der Waals surface area contributed by atoms with E-state index < -0.39 is 0 Å². The smallest absolute Gasteiger partial charge is 0.218 e. The lowest BCUT2D eigenvalue weighted by Crippen LogP contribution is -2.33. The van der Waals surface area contributed by atoms with Crippen LogP contribution >= 0.6 is 0 Å². The third-order valence-electron chi connectivity index (χ3n) is 3.00. The van der Waals surface area contributed by atoms with Crippen molar-refractivity contribution in [1.29, 1.82) is 0 Å². The number of nitrogens with one attached hydrogen (secondary N) is 1. The summed E-state index contributed by atoms with van der Waals surface area (Å²) >= 11 is 0. The lowest BCUT2D eigenvalue weighted by Gasteiger charge is -2.25. The van der Waals surface area contributed by atoms with E-state index in [4.69, 9.17) is 4.74 Å². The van der Waals surface area contributed by atoms with Gasteiger partial charge in [0.15, 0.2) is 0 Å². The summed E-state index contributed by atoms with van der Waals surface area (Å²) in [5.74, 6) is 1.43. The molecule has 5 heteroatoms. The molecule has 1 aromatic heterocycles. The first-order valence-electron chi connectivity index (χ1n) is 6.23. The Balaban J connectivity index is 1.73. The highest BCUT2D eigenvalue weighted by Gasteiger charge is 2.09. The monoisotopic (exact) mass is 236 g/mol. The van der Waals surface area contributed by atoms with Crippen molar-refractivity contribution in [2.45, 2.75) is 19.3 Å². The van der Waals surface area contributed by atoms with Crippen molar-refractivity contribution in [2.24, 2.45) is 0 Å². The van der Waals surface area contributed by atoms with Gasteiger partial charge in [-0.1, -0.05) is 6.42 Å². The molecule has 1 aromatic rings. The van der Waals surface area contributed by atoms with Crippen LogP contribution in [0, 0.1) is 0 Å². The van der Waals surface area contributed by atoms with E-state index in [1.807, 2.05) is 13.1 Å². The highest BCUT2D eigenvalue weighted by molar-refractivity contribution is 5.35. The molecule has 0 aromatic carbocycles. The van der Waals surface area contributed by atoms with Crippen LogP contribution in [0.15, 0.2) is 12.4 Å². The number of hydrogen-bond acceptors (Lipinski definition) is 5. The van der Waals surface area contributed by atoms with Gasteiger partial charge in [0.05, 0.1) is 0 Å². The van der Waals surface area contributed by atoms with Crippen LogP contribution in [0.25, 0.3) is 0 Å². The van der Waals surface area contributed by atoms with Gasteiger partial charge in [0.2, 0.25) is 5.88 Å². The average Bonchev–Trinajstić information content (AvgIpc) is 2.40. The Labute approximate surface area is 102 Å². The van der Waals surface area contributed by atoms with E-state index in [2.05, 4.69) is 20.2 Å². The van der Waals surface area contributed by atoms with E-state index in [1.165, 1.54) is 38.7 Å². The average molecular weight is 236 g/mol. The quantitative estimate of drug-likeness (QED) is 0.837. The molecule has 2 heterocycles. The van der Waals surface area contributed by atoms with Gasteiger partial charge in [-0.2, -0.15) is 0 Å². The van der Waals surface area contributed by atoms with Crippen molar-refractivity contribution in [3.8, 4) is 5.88 Å². The SMILES string of the molecule is CNc1cc(OCCN2CCCCC2)ncn1. The van der Waals surface area contributed by atoms with E-state index in [9.17, 15) is 0 Å². The molecule has 1 saturated heterocycles.